The minimum atomic E-state index is -0.569. The molecule has 0 fully saturated rings. The van der Waals surface area contributed by atoms with Gasteiger partial charge < -0.3 is 10.2 Å². The molecule has 1 radical (unpaired) electrons. The van der Waals surface area contributed by atoms with E-state index in [4.69, 9.17) is 5.11 Å². The van der Waals surface area contributed by atoms with Crippen molar-refractivity contribution >= 4 is 0 Å². The highest BCUT2D eigenvalue weighted by Gasteiger charge is 2.06. The van der Waals surface area contributed by atoms with Crippen LogP contribution in [0.1, 0.15) is 0 Å². The number of hydrogen-bond donors (Lipinski definition) is 2. The van der Waals surface area contributed by atoms with Crippen LogP contribution in [0.25, 0.3) is 11.1 Å². The number of hydrogen-bond acceptors (Lipinski definition) is 2. The first-order chi connectivity index (χ1) is 7.16. The summed E-state index contributed by atoms with van der Waals surface area (Å²) in [4.78, 5) is 0. The first-order valence-corrected chi connectivity index (χ1v) is 4.36. The van der Waals surface area contributed by atoms with Gasteiger partial charge in [0.2, 0.25) is 0 Å². The summed E-state index contributed by atoms with van der Waals surface area (Å²) in [5.74, 6) is -0.676. The van der Waals surface area contributed by atoms with Crippen LogP contribution >= 0.6 is 0 Å². The molecule has 0 atom stereocenters. The van der Waals surface area contributed by atoms with E-state index < -0.39 is 5.82 Å². The number of rotatable bonds is 1. The molecule has 3 heteroatoms. The average Bonchev–Trinajstić information content (AvgIpc) is 2.17. The van der Waals surface area contributed by atoms with Gasteiger partial charge in [-0.1, -0.05) is 12.1 Å². The van der Waals surface area contributed by atoms with Gasteiger partial charge in [0.15, 0.2) is 0 Å². The summed E-state index contributed by atoms with van der Waals surface area (Å²) in [6, 6.07) is 11.1. The molecule has 0 heterocycles. The normalized spacial score (nSPS) is 10.2. The molecule has 0 amide bonds. The maximum Gasteiger partial charge on any atom is 0.135 e. The van der Waals surface area contributed by atoms with Gasteiger partial charge in [-0.05, 0) is 29.8 Å². The number of phenolic OH excluding ortho intramolecular Hbond substituents is 2. The maximum atomic E-state index is 13.4. The molecular formula is C12H8FO2. The lowest BCUT2D eigenvalue weighted by molar-refractivity contribution is 0.469. The smallest absolute Gasteiger partial charge is 0.135 e. The van der Waals surface area contributed by atoms with Gasteiger partial charge in [0.1, 0.15) is 17.3 Å². The Morgan fingerprint density at radius 2 is 1.87 bits per heavy atom. The second-order valence-corrected chi connectivity index (χ2v) is 3.13. The Labute approximate surface area is 86.2 Å². The third-order valence-corrected chi connectivity index (χ3v) is 2.01. The second-order valence-electron chi connectivity index (χ2n) is 3.13. The maximum absolute atomic E-state index is 13.4. The van der Waals surface area contributed by atoms with Gasteiger partial charge in [0.05, 0.1) is 0 Å². The molecule has 0 saturated heterocycles. The third-order valence-electron chi connectivity index (χ3n) is 2.01. The molecule has 15 heavy (non-hydrogen) atoms. The predicted molar refractivity (Wildman–Crippen MR) is 54.0 cm³/mol. The average molecular weight is 203 g/mol. The highest BCUT2D eigenvalue weighted by atomic mass is 19.1. The molecule has 0 spiro atoms. The van der Waals surface area contributed by atoms with Gasteiger partial charge in [-0.2, -0.15) is 0 Å². The Hall–Kier alpha value is -2.03. The highest BCUT2D eigenvalue weighted by Crippen LogP contribution is 2.27. The molecule has 0 aliphatic rings. The first kappa shape index (κ1) is 9.52. The van der Waals surface area contributed by atoms with E-state index in [2.05, 4.69) is 6.07 Å². The molecule has 0 aliphatic carbocycles. The third kappa shape index (κ3) is 1.91. The Morgan fingerprint density at radius 3 is 2.53 bits per heavy atom. The molecule has 2 nitrogen and oxygen atoms in total. The molecule has 0 saturated carbocycles. The van der Waals surface area contributed by atoms with Gasteiger partial charge in [-0.3, -0.25) is 0 Å². The van der Waals surface area contributed by atoms with E-state index in [1.807, 2.05) is 0 Å². The van der Waals surface area contributed by atoms with E-state index in [9.17, 15) is 9.50 Å². The Morgan fingerprint density at radius 1 is 1.07 bits per heavy atom. The van der Waals surface area contributed by atoms with Crippen molar-refractivity contribution in [1.29, 1.82) is 0 Å². The van der Waals surface area contributed by atoms with Crippen molar-refractivity contribution in [3.05, 3.63) is 48.3 Å². The minimum absolute atomic E-state index is 0.0633. The van der Waals surface area contributed by atoms with Crippen LogP contribution in [0, 0.1) is 11.9 Å². The van der Waals surface area contributed by atoms with Crippen molar-refractivity contribution < 1.29 is 14.6 Å². The number of phenols is 2. The van der Waals surface area contributed by atoms with Gasteiger partial charge in [0.25, 0.3) is 0 Å². The van der Waals surface area contributed by atoms with Crippen LogP contribution < -0.4 is 0 Å². The molecule has 2 aromatic rings. The molecule has 2 aromatic carbocycles. The van der Waals surface area contributed by atoms with Gasteiger partial charge >= 0.3 is 0 Å². The molecule has 0 aromatic heterocycles. The van der Waals surface area contributed by atoms with Crippen LogP contribution in [-0.2, 0) is 0 Å². The Kier molecular flexibility index (Phi) is 2.29. The first-order valence-electron chi connectivity index (χ1n) is 4.36. The van der Waals surface area contributed by atoms with Crippen molar-refractivity contribution in [3.8, 4) is 22.6 Å². The molecule has 75 valence electrons. The quantitative estimate of drug-likeness (QED) is 0.748. The summed E-state index contributed by atoms with van der Waals surface area (Å²) in [5.41, 5.74) is 0.746. The minimum Gasteiger partial charge on any atom is -0.508 e. The lowest BCUT2D eigenvalue weighted by atomic mass is 10.0. The van der Waals surface area contributed by atoms with Crippen molar-refractivity contribution in [2.75, 3.05) is 0 Å². The van der Waals surface area contributed by atoms with Gasteiger partial charge in [-0.25, -0.2) is 4.39 Å². The molecule has 0 bridgehead atoms. The van der Waals surface area contributed by atoms with Gasteiger partial charge in [-0.15, -0.1) is 0 Å². The fourth-order valence-electron chi connectivity index (χ4n) is 1.34. The zero-order valence-corrected chi connectivity index (χ0v) is 7.74. The van der Waals surface area contributed by atoms with E-state index in [0.717, 1.165) is 6.07 Å². The van der Waals surface area contributed by atoms with Crippen molar-refractivity contribution in [3.63, 3.8) is 0 Å². The Balaban J connectivity index is 2.54. The molecule has 2 rings (SSSR count). The van der Waals surface area contributed by atoms with Crippen LogP contribution in [0.2, 0.25) is 0 Å². The predicted octanol–water partition coefficient (Wildman–Crippen LogP) is 2.70. The van der Waals surface area contributed by atoms with Crippen molar-refractivity contribution in [2.24, 2.45) is 0 Å². The van der Waals surface area contributed by atoms with Gasteiger partial charge in [0, 0.05) is 11.6 Å². The van der Waals surface area contributed by atoms with E-state index in [1.54, 1.807) is 12.1 Å². The topological polar surface area (TPSA) is 40.5 Å². The summed E-state index contributed by atoms with van der Waals surface area (Å²) in [6.07, 6.45) is 0. The molecular weight excluding hydrogens is 195 g/mol. The van der Waals surface area contributed by atoms with Crippen LogP contribution in [0.15, 0.2) is 36.4 Å². The standard InChI is InChI=1S/C12H8FO2/c13-12-7-10(15)4-5-11(12)8-2-1-3-9(14)6-8/h1-4,6-7,14-15H. The van der Waals surface area contributed by atoms with Crippen LogP contribution in [-0.4, -0.2) is 10.2 Å². The Bertz CT molecular complexity index is 495. The fraction of sp³-hybridized carbons (Fsp3) is 0. The SMILES string of the molecule is Oc1cccc(-c2[c]cc(O)cc2F)c1. The van der Waals surface area contributed by atoms with E-state index in [1.165, 1.54) is 18.2 Å². The number of aromatic hydroxyl groups is 2. The summed E-state index contributed by atoms with van der Waals surface area (Å²) in [7, 11) is 0. The summed E-state index contributed by atoms with van der Waals surface area (Å²) >= 11 is 0. The summed E-state index contributed by atoms with van der Waals surface area (Å²) < 4.78 is 13.4. The summed E-state index contributed by atoms with van der Waals surface area (Å²) in [6.45, 7) is 0. The van der Waals surface area contributed by atoms with Crippen LogP contribution in [0.3, 0.4) is 0 Å². The largest absolute Gasteiger partial charge is 0.508 e. The highest BCUT2D eigenvalue weighted by molar-refractivity contribution is 5.65. The molecule has 0 unspecified atom stereocenters. The van der Waals surface area contributed by atoms with Crippen molar-refractivity contribution in [1.82, 2.24) is 0 Å². The molecule has 2 N–H and O–H groups in total. The second kappa shape index (κ2) is 3.61. The fourth-order valence-corrected chi connectivity index (χ4v) is 1.34. The number of benzene rings is 2. The van der Waals surface area contributed by atoms with E-state index in [-0.39, 0.29) is 17.1 Å². The van der Waals surface area contributed by atoms with E-state index in [0.29, 0.717) is 5.56 Å². The zero-order chi connectivity index (χ0) is 10.8. The lowest BCUT2D eigenvalue weighted by Crippen LogP contribution is -1.84. The molecule has 0 aliphatic heterocycles. The zero-order valence-electron chi connectivity index (χ0n) is 7.74. The van der Waals surface area contributed by atoms with E-state index >= 15 is 0 Å². The van der Waals surface area contributed by atoms with Crippen LogP contribution in [0.4, 0.5) is 4.39 Å². The number of halogens is 1. The van der Waals surface area contributed by atoms with Crippen LogP contribution in [0.5, 0.6) is 11.5 Å². The van der Waals surface area contributed by atoms with Crippen molar-refractivity contribution in [2.45, 2.75) is 0 Å². The lowest BCUT2D eigenvalue weighted by Gasteiger charge is -2.03. The monoisotopic (exact) mass is 203 g/mol. The summed E-state index contributed by atoms with van der Waals surface area (Å²) in [5, 5.41) is 18.3.